The quantitative estimate of drug-likeness (QED) is 0.446. The second-order valence-electron chi connectivity index (χ2n) is 9.38. The van der Waals surface area contributed by atoms with E-state index in [1.807, 2.05) is 30.3 Å². The molecule has 1 aromatic carbocycles. The monoisotopic (exact) mass is 504 g/mol. The van der Waals surface area contributed by atoms with Gasteiger partial charge in [-0.15, -0.1) is 0 Å². The number of carbonyl (C=O) groups is 2. The van der Waals surface area contributed by atoms with Crippen molar-refractivity contribution >= 4 is 62.1 Å². The molecular weight excluding hydrogens is 480 g/mol. The number of hydrogen-bond donors (Lipinski definition) is 1. The highest BCUT2D eigenvalue weighted by molar-refractivity contribution is 9.10. The highest BCUT2D eigenvalue weighted by Crippen LogP contribution is 2.55. The predicted molar refractivity (Wildman–Crippen MR) is 128 cm³/mol. The normalized spacial score (nSPS) is 33.6. The van der Waals surface area contributed by atoms with Crippen molar-refractivity contribution in [3.63, 3.8) is 0 Å². The van der Waals surface area contributed by atoms with Gasteiger partial charge < -0.3 is 5.32 Å². The topological polar surface area (TPSA) is 49.4 Å². The second-order valence-corrected chi connectivity index (χ2v) is 12.0. The van der Waals surface area contributed by atoms with E-state index in [1.165, 1.54) is 31.0 Å². The molecule has 4 aliphatic carbocycles. The fourth-order valence-corrected chi connectivity index (χ4v) is 8.00. The van der Waals surface area contributed by atoms with E-state index in [-0.39, 0.29) is 17.4 Å². The van der Waals surface area contributed by atoms with E-state index < -0.39 is 0 Å². The Bertz CT molecular complexity index is 910. The van der Waals surface area contributed by atoms with E-state index in [1.54, 1.807) is 4.90 Å². The van der Waals surface area contributed by atoms with Gasteiger partial charge in [-0.1, -0.05) is 52.0 Å². The van der Waals surface area contributed by atoms with Crippen LogP contribution in [0.5, 0.6) is 0 Å². The minimum atomic E-state index is -0.104. The van der Waals surface area contributed by atoms with E-state index in [0.717, 1.165) is 47.1 Å². The largest absolute Gasteiger partial charge is 0.351 e. The van der Waals surface area contributed by atoms with Crippen LogP contribution in [0.15, 0.2) is 33.6 Å². The van der Waals surface area contributed by atoms with Gasteiger partial charge in [0.1, 0.15) is 4.32 Å². The van der Waals surface area contributed by atoms with Crippen LogP contribution in [0.4, 0.5) is 0 Å². The molecule has 4 nitrogen and oxygen atoms in total. The molecular formula is C23H25BrN2O2S2. The Morgan fingerprint density at radius 2 is 1.90 bits per heavy atom. The number of rotatable bonds is 5. The average Bonchev–Trinajstić information content (AvgIpc) is 2.91. The van der Waals surface area contributed by atoms with Crippen LogP contribution in [0, 0.1) is 17.8 Å². The minimum absolute atomic E-state index is 0.0157. The predicted octanol–water partition coefficient (Wildman–Crippen LogP) is 5.13. The lowest BCUT2D eigenvalue weighted by atomic mass is 9.53. The van der Waals surface area contributed by atoms with Crippen molar-refractivity contribution < 1.29 is 9.59 Å². The number of nitrogens with one attached hydrogen (secondary N) is 1. The summed E-state index contributed by atoms with van der Waals surface area (Å²) in [5.74, 6) is 2.35. The molecule has 0 unspecified atom stereocenters. The molecule has 1 heterocycles. The molecule has 1 aromatic rings. The molecule has 30 heavy (non-hydrogen) atoms. The highest BCUT2D eigenvalue weighted by Gasteiger charge is 2.51. The second kappa shape index (κ2) is 8.06. The van der Waals surface area contributed by atoms with Crippen LogP contribution in [-0.2, 0) is 9.59 Å². The first-order valence-corrected chi connectivity index (χ1v) is 12.7. The molecule has 4 saturated carbocycles. The van der Waals surface area contributed by atoms with Crippen LogP contribution in [0.1, 0.15) is 50.5 Å². The fourth-order valence-electron chi connectivity index (χ4n) is 6.28. The van der Waals surface area contributed by atoms with Crippen molar-refractivity contribution in [3.8, 4) is 0 Å². The van der Waals surface area contributed by atoms with Crippen molar-refractivity contribution in [2.24, 2.45) is 17.8 Å². The van der Waals surface area contributed by atoms with Gasteiger partial charge >= 0.3 is 0 Å². The zero-order valence-corrected chi connectivity index (χ0v) is 20.0. The van der Waals surface area contributed by atoms with Crippen LogP contribution in [-0.4, -0.2) is 33.1 Å². The third kappa shape index (κ3) is 4.13. The molecule has 7 heteroatoms. The van der Waals surface area contributed by atoms with Crippen molar-refractivity contribution in [2.45, 2.75) is 50.5 Å². The molecule has 1 N–H and O–H groups in total. The van der Waals surface area contributed by atoms with E-state index in [0.29, 0.717) is 22.2 Å². The molecule has 0 radical (unpaired) electrons. The van der Waals surface area contributed by atoms with Gasteiger partial charge in [-0.3, -0.25) is 14.5 Å². The van der Waals surface area contributed by atoms with E-state index in [2.05, 4.69) is 21.2 Å². The van der Waals surface area contributed by atoms with Gasteiger partial charge in [0, 0.05) is 23.0 Å². The lowest BCUT2D eigenvalue weighted by Crippen LogP contribution is -2.60. The summed E-state index contributed by atoms with van der Waals surface area (Å²) >= 11 is 10.2. The Morgan fingerprint density at radius 1 is 1.23 bits per heavy atom. The number of benzene rings is 1. The molecule has 6 rings (SSSR count). The molecule has 0 aromatic heterocycles. The van der Waals surface area contributed by atoms with Crippen molar-refractivity contribution in [1.29, 1.82) is 0 Å². The van der Waals surface area contributed by atoms with E-state index in [4.69, 9.17) is 12.2 Å². The Balaban J connectivity index is 1.20. The first kappa shape index (κ1) is 20.7. The summed E-state index contributed by atoms with van der Waals surface area (Å²) < 4.78 is 1.50. The summed E-state index contributed by atoms with van der Waals surface area (Å²) in [5.41, 5.74) is 0.964. The van der Waals surface area contributed by atoms with Gasteiger partial charge in [0.05, 0.1) is 4.91 Å². The molecule has 2 amide bonds. The van der Waals surface area contributed by atoms with Gasteiger partial charge in [-0.2, -0.15) is 0 Å². The Hall–Kier alpha value is -1.18. The maximum absolute atomic E-state index is 12.8. The molecule has 5 fully saturated rings. The fraction of sp³-hybridized carbons (Fsp3) is 0.522. The van der Waals surface area contributed by atoms with Crippen molar-refractivity contribution in [3.05, 3.63) is 39.2 Å². The van der Waals surface area contributed by atoms with Crippen molar-refractivity contribution in [1.82, 2.24) is 10.2 Å². The number of thiocarbonyl (C=S) groups is 1. The van der Waals surface area contributed by atoms with Gasteiger partial charge in [0.15, 0.2) is 0 Å². The van der Waals surface area contributed by atoms with Crippen LogP contribution in [0.3, 0.4) is 0 Å². The molecule has 1 saturated heterocycles. The summed E-state index contributed by atoms with van der Waals surface area (Å²) in [6.45, 7) is 0.346. The van der Waals surface area contributed by atoms with E-state index in [9.17, 15) is 9.59 Å². The summed E-state index contributed by atoms with van der Waals surface area (Å²) in [6, 6.07) is 7.80. The van der Waals surface area contributed by atoms with Crippen LogP contribution in [0.25, 0.3) is 6.08 Å². The average molecular weight is 506 g/mol. The Morgan fingerprint density at radius 3 is 2.53 bits per heavy atom. The maximum atomic E-state index is 12.8. The Labute approximate surface area is 195 Å². The number of carbonyl (C=O) groups excluding carboxylic acids is 2. The molecule has 158 valence electrons. The zero-order valence-electron chi connectivity index (χ0n) is 16.7. The number of thioether (sulfide) groups is 1. The SMILES string of the molecule is O=C(CCN1C(=O)C(=Cc2cccc(Br)c2)SC1=S)NC12CC3CC(CC(C3)C1)C2. The first-order valence-electron chi connectivity index (χ1n) is 10.7. The Kier molecular flexibility index (Phi) is 5.57. The maximum Gasteiger partial charge on any atom is 0.266 e. The van der Waals surface area contributed by atoms with Gasteiger partial charge in [0.25, 0.3) is 5.91 Å². The number of halogens is 1. The molecule has 0 atom stereocenters. The van der Waals surface area contributed by atoms with Crippen LogP contribution >= 0.6 is 39.9 Å². The van der Waals surface area contributed by atoms with E-state index >= 15 is 0 Å². The molecule has 1 aliphatic heterocycles. The molecule has 4 bridgehead atoms. The zero-order chi connectivity index (χ0) is 20.9. The van der Waals surface area contributed by atoms with Crippen LogP contribution < -0.4 is 5.32 Å². The summed E-state index contributed by atoms with van der Waals surface area (Å²) in [7, 11) is 0. The molecule has 5 aliphatic rings. The minimum Gasteiger partial charge on any atom is -0.351 e. The van der Waals surface area contributed by atoms with Crippen molar-refractivity contribution in [2.75, 3.05) is 6.54 Å². The van der Waals surface area contributed by atoms with Gasteiger partial charge in [-0.25, -0.2) is 0 Å². The van der Waals surface area contributed by atoms with Crippen LogP contribution in [0.2, 0.25) is 0 Å². The number of amides is 2. The lowest BCUT2D eigenvalue weighted by molar-refractivity contribution is -0.127. The third-order valence-electron chi connectivity index (χ3n) is 7.03. The lowest BCUT2D eigenvalue weighted by Gasteiger charge is -2.57. The third-order valence-corrected chi connectivity index (χ3v) is 8.90. The first-order chi connectivity index (χ1) is 14.4. The summed E-state index contributed by atoms with van der Waals surface area (Å²) in [6.07, 6.45) is 9.66. The smallest absolute Gasteiger partial charge is 0.266 e. The standard InChI is InChI=1S/C23H25BrN2O2S2/c24-18-3-1-2-14(9-18)10-19-21(28)26(22(29)30-19)5-4-20(27)25-23-11-15-6-16(12-23)8-17(7-15)13-23/h1-3,9-10,15-17H,4-8,11-13H2,(H,25,27). The summed E-state index contributed by atoms with van der Waals surface area (Å²) in [5, 5.41) is 3.39. The highest BCUT2D eigenvalue weighted by atomic mass is 79.9. The number of hydrogen-bond acceptors (Lipinski definition) is 4. The number of nitrogens with zero attached hydrogens (tertiary/aromatic N) is 1. The molecule has 0 spiro atoms. The summed E-state index contributed by atoms with van der Waals surface area (Å²) in [4.78, 5) is 27.8. The van der Waals surface area contributed by atoms with Gasteiger partial charge in [0.2, 0.25) is 5.91 Å². The van der Waals surface area contributed by atoms with Gasteiger partial charge in [-0.05, 0) is 80.1 Å².